The second-order valence-corrected chi connectivity index (χ2v) is 3.80. The van der Waals surface area contributed by atoms with Crippen molar-refractivity contribution in [3.8, 4) is 0 Å². The van der Waals surface area contributed by atoms with Crippen LogP contribution in [0.1, 0.15) is 8.29 Å². The summed E-state index contributed by atoms with van der Waals surface area (Å²) in [5, 5.41) is -0.472. The summed E-state index contributed by atoms with van der Waals surface area (Å²) < 4.78 is 33.1. The molecule has 3 nitrogen and oxygen atoms in total. The van der Waals surface area contributed by atoms with Crippen LogP contribution in [0.5, 0.6) is 0 Å². The summed E-state index contributed by atoms with van der Waals surface area (Å²) >= 11 is 2.93. The lowest BCUT2D eigenvalue weighted by Crippen LogP contribution is -2.03. The van der Waals surface area contributed by atoms with E-state index in [1.807, 2.05) is 0 Å². The minimum Gasteiger partial charge on any atom is -0.258 e. The van der Waals surface area contributed by atoms with Crippen molar-refractivity contribution in [1.82, 2.24) is 0 Å². The highest BCUT2D eigenvalue weighted by Crippen LogP contribution is 2.24. The number of hydrogen-bond acceptors (Lipinski definition) is 3. The Balaban J connectivity index is 3.20. The van der Waals surface area contributed by atoms with Gasteiger partial charge in [0, 0.05) is 4.48 Å². The van der Waals surface area contributed by atoms with Crippen molar-refractivity contribution in [2.75, 3.05) is 0 Å². The van der Waals surface area contributed by atoms with E-state index in [9.17, 15) is 8.42 Å². The van der Waals surface area contributed by atoms with Crippen LogP contribution in [0.2, 0.25) is 0 Å². The summed E-state index contributed by atoms with van der Waals surface area (Å²) in [7, 11) is -3.72. The number of hydrogen-bond donors (Lipinski definition) is 0. The zero-order valence-electron chi connectivity index (χ0n) is 5.59. The molecule has 0 aromatic rings. The highest BCUT2D eigenvalue weighted by molar-refractivity contribution is 9.11. The van der Waals surface area contributed by atoms with Crippen molar-refractivity contribution in [2.45, 2.75) is 13.0 Å². The van der Waals surface area contributed by atoms with Crippen molar-refractivity contribution in [3.63, 3.8) is 0 Å². The molecule has 0 spiro atoms. The van der Waals surface area contributed by atoms with Gasteiger partial charge in [-0.25, -0.2) is 0 Å². The van der Waals surface area contributed by atoms with E-state index in [1.54, 1.807) is 6.92 Å². The first-order chi connectivity index (χ1) is 4.45. The number of rotatable bonds is 0. The predicted molar refractivity (Wildman–Crippen MR) is 36.5 cm³/mol. The first-order valence-electron chi connectivity index (χ1n) is 2.74. The third-order valence-corrected chi connectivity index (χ3v) is 2.97. The molecule has 1 atom stereocenters. The van der Waals surface area contributed by atoms with Crippen molar-refractivity contribution in [1.29, 1.82) is 0 Å². The van der Waals surface area contributed by atoms with Crippen LogP contribution in [-0.4, -0.2) is 14.5 Å². The Morgan fingerprint density at radius 3 is 2.67 bits per heavy atom. The Kier molecular flexibility index (Phi) is 1.35. The highest BCUT2D eigenvalue weighted by atomic mass is 79.9. The average Bonchev–Trinajstić information content (AvgIpc) is 1.95. The van der Waals surface area contributed by atoms with E-state index in [4.69, 9.17) is 1.37 Å². The molecule has 0 aliphatic carbocycles. The van der Waals surface area contributed by atoms with Gasteiger partial charge >= 0.3 is 0 Å². The molecule has 0 saturated carbocycles. The van der Waals surface area contributed by atoms with Gasteiger partial charge in [-0.2, -0.15) is 8.42 Å². The average molecular weight is 214 g/mol. The highest BCUT2D eigenvalue weighted by Gasteiger charge is 2.24. The summed E-state index contributed by atoms with van der Waals surface area (Å²) in [4.78, 5) is 0. The lowest BCUT2D eigenvalue weighted by molar-refractivity contribution is 0.288. The molecule has 0 N–H and O–H groups in total. The van der Waals surface area contributed by atoms with Gasteiger partial charge in [0.1, 0.15) is 6.10 Å². The fourth-order valence-corrected chi connectivity index (χ4v) is 2.20. The molecule has 1 heterocycles. The van der Waals surface area contributed by atoms with Gasteiger partial charge < -0.3 is 0 Å². The van der Waals surface area contributed by atoms with Crippen LogP contribution in [0.25, 0.3) is 0 Å². The molecule has 1 aliphatic rings. The summed E-state index contributed by atoms with van der Waals surface area (Å²) in [6, 6.07) is 0. The minimum absolute atomic E-state index is 0.285. The largest absolute Gasteiger partial charge is 0.291 e. The molecule has 52 valence electrons. The van der Waals surface area contributed by atoms with Gasteiger partial charge in [-0.15, -0.1) is 0 Å². The predicted octanol–water partition coefficient (Wildman–Crippen LogP) is 0.971. The molecule has 0 bridgehead atoms. The first-order valence-corrected chi connectivity index (χ1v) is 4.45. The standard InChI is InChI=1S/C4H5BrO3S/c1-3-4(5)2-9(6,7)8-3/h2-3H,1H3/i2D. The van der Waals surface area contributed by atoms with Crippen LogP contribution >= 0.6 is 15.9 Å². The SMILES string of the molecule is [2H]C1=C(Br)C(C)OS1(=O)=O. The molecular weight excluding hydrogens is 208 g/mol. The summed E-state index contributed by atoms with van der Waals surface area (Å²) in [5.41, 5.74) is 0. The summed E-state index contributed by atoms with van der Waals surface area (Å²) in [6.07, 6.45) is -0.544. The Hall–Kier alpha value is 0.130. The van der Waals surface area contributed by atoms with Gasteiger partial charge in [-0.05, 0) is 6.92 Å². The van der Waals surface area contributed by atoms with Crippen LogP contribution in [-0.2, 0) is 14.3 Å². The molecule has 1 unspecified atom stereocenters. The quantitative estimate of drug-likeness (QED) is 0.564. The fraction of sp³-hybridized carbons (Fsp3) is 0.500. The molecule has 0 aromatic carbocycles. The first kappa shape index (κ1) is 5.88. The Morgan fingerprint density at radius 1 is 2.00 bits per heavy atom. The third-order valence-electron chi connectivity index (χ3n) is 0.850. The van der Waals surface area contributed by atoms with Gasteiger partial charge in [0.15, 0.2) is 0 Å². The number of halogens is 1. The summed E-state index contributed by atoms with van der Waals surface area (Å²) in [6.45, 7) is 1.56. The molecule has 9 heavy (non-hydrogen) atoms. The molecule has 1 aliphatic heterocycles. The van der Waals surface area contributed by atoms with Crippen LogP contribution in [0, 0.1) is 0 Å². The molecule has 0 aromatic heterocycles. The Bertz CT molecular complexity index is 281. The van der Waals surface area contributed by atoms with Crippen LogP contribution in [0.15, 0.2) is 9.87 Å². The van der Waals surface area contributed by atoms with Gasteiger partial charge in [-0.3, -0.25) is 4.18 Å². The third kappa shape index (κ3) is 1.53. The van der Waals surface area contributed by atoms with Gasteiger partial charge in [0.2, 0.25) is 0 Å². The monoisotopic (exact) mass is 213 g/mol. The van der Waals surface area contributed by atoms with Crippen LogP contribution in [0.4, 0.5) is 0 Å². The van der Waals surface area contributed by atoms with Gasteiger partial charge in [0.05, 0.1) is 6.75 Å². The van der Waals surface area contributed by atoms with Crippen molar-refractivity contribution < 1.29 is 14.0 Å². The van der Waals surface area contributed by atoms with E-state index in [0.29, 0.717) is 0 Å². The maximum Gasteiger partial charge on any atom is 0.291 e. The van der Waals surface area contributed by atoms with E-state index in [2.05, 4.69) is 20.1 Å². The molecule has 0 fully saturated rings. The van der Waals surface area contributed by atoms with Gasteiger partial charge in [-0.1, -0.05) is 15.9 Å². The minimum atomic E-state index is -3.72. The molecular formula is C4H5BrO3S. The van der Waals surface area contributed by atoms with E-state index < -0.39 is 21.6 Å². The smallest absolute Gasteiger partial charge is 0.258 e. The zero-order valence-corrected chi connectivity index (χ0v) is 6.99. The maximum atomic E-state index is 10.7. The zero-order chi connectivity index (χ0) is 7.94. The summed E-state index contributed by atoms with van der Waals surface area (Å²) in [5.74, 6) is 0. The Labute approximate surface area is 63.4 Å². The van der Waals surface area contributed by atoms with Crippen molar-refractivity contribution >= 4 is 26.0 Å². The molecule has 5 heteroatoms. The normalized spacial score (nSPS) is 34.9. The molecule has 0 amide bonds. The molecule has 0 radical (unpaired) electrons. The topological polar surface area (TPSA) is 43.4 Å². The van der Waals surface area contributed by atoms with E-state index >= 15 is 0 Å². The molecule has 0 saturated heterocycles. The second kappa shape index (κ2) is 2.07. The van der Waals surface area contributed by atoms with Gasteiger partial charge in [0.25, 0.3) is 10.1 Å². The lowest BCUT2D eigenvalue weighted by atomic mass is 10.4. The van der Waals surface area contributed by atoms with Crippen LogP contribution < -0.4 is 0 Å². The van der Waals surface area contributed by atoms with Crippen molar-refractivity contribution in [2.24, 2.45) is 0 Å². The van der Waals surface area contributed by atoms with Crippen molar-refractivity contribution in [3.05, 3.63) is 9.87 Å². The molecule has 1 rings (SSSR count). The van der Waals surface area contributed by atoms with Crippen LogP contribution in [0.3, 0.4) is 0 Å². The fourth-order valence-electron chi connectivity index (χ4n) is 0.459. The maximum absolute atomic E-state index is 10.7. The second-order valence-electron chi connectivity index (χ2n) is 1.64. The Morgan fingerprint density at radius 2 is 2.56 bits per heavy atom. The van der Waals surface area contributed by atoms with E-state index in [-0.39, 0.29) is 4.48 Å². The van der Waals surface area contributed by atoms with E-state index in [0.717, 1.165) is 0 Å². The lowest BCUT2D eigenvalue weighted by Gasteiger charge is -1.97. The van der Waals surface area contributed by atoms with E-state index in [1.165, 1.54) is 0 Å².